The van der Waals surface area contributed by atoms with Crippen LogP contribution in [0.2, 0.25) is 15.7 Å². The van der Waals surface area contributed by atoms with E-state index in [1.165, 1.54) is 10.9 Å². The minimum absolute atomic E-state index is 0.186. The van der Waals surface area contributed by atoms with Crippen LogP contribution in [0.1, 0.15) is 11.1 Å². The number of fused-ring (bicyclic) bond motifs is 2. The molecule has 0 aliphatic carbocycles. The molecule has 212 valence electrons. The van der Waals surface area contributed by atoms with E-state index < -0.39 is 0 Å². The summed E-state index contributed by atoms with van der Waals surface area (Å²) in [6, 6.07) is 14.2. The van der Waals surface area contributed by atoms with Gasteiger partial charge in [0.2, 0.25) is 10.6 Å². The quantitative estimate of drug-likeness (QED) is 0.150. The molecule has 6 rings (SSSR count). The lowest BCUT2D eigenvalue weighted by Crippen LogP contribution is -1.91. The second-order valence-corrected chi connectivity index (χ2v) is 10.2. The smallest absolute Gasteiger partial charge is 0.223 e. The molecule has 0 atom stereocenters. The van der Waals surface area contributed by atoms with E-state index in [1.54, 1.807) is 26.6 Å². The number of aromatic nitrogens is 6. The molecular weight excluding hydrogens is 583 g/mol. The highest BCUT2D eigenvalue weighted by molar-refractivity contribution is 6.32. The topological polar surface area (TPSA) is 79.9 Å². The van der Waals surface area contributed by atoms with Gasteiger partial charge in [0.05, 0.1) is 30.9 Å². The number of hydrogen-bond donors (Lipinski definition) is 0. The Bertz CT molecular complexity index is 1820. The van der Waals surface area contributed by atoms with Crippen LogP contribution in [-0.2, 0) is 14.1 Å². The van der Waals surface area contributed by atoms with E-state index >= 15 is 0 Å². The minimum atomic E-state index is 0.186. The Labute approximate surface area is 253 Å². The molecule has 0 N–H and O–H groups in total. The minimum Gasteiger partial charge on any atom is -0.497 e. The molecule has 0 radical (unpaired) electrons. The Balaban J connectivity index is 0.000000156. The number of benzene rings is 2. The van der Waals surface area contributed by atoms with Crippen molar-refractivity contribution in [3.8, 4) is 22.8 Å². The van der Waals surface area contributed by atoms with Gasteiger partial charge in [0.15, 0.2) is 0 Å². The van der Waals surface area contributed by atoms with Crippen molar-refractivity contribution in [1.29, 1.82) is 0 Å². The predicted octanol–water partition coefficient (Wildman–Crippen LogP) is 7.88. The SMILES string of the molecule is COc1ccc2c(-c3nc(Cl)ncc3C)cn(C)c2c1.COc1ccc2ccn(C)c2c1.Cc1cnc(Cl)nc1Cl. The average molecular weight is 612 g/mol. The largest absolute Gasteiger partial charge is 0.497 e. The Morgan fingerprint density at radius 1 is 0.707 bits per heavy atom. The van der Waals surface area contributed by atoms with E-state index in [0.717, 1.165) is 44.8 Å². The summed E-state index contributed by atoms with van der Waals surface area (Å²) in [6.45, 7) is 3.80. The molecule has 41 heavy (non-hydrogen) atoms. The summed E-state index contributed by atoms with van der Waals surface area (Å²) in [4.78, 5) is 15.8. The van der Waals surface area contributed by atoms with E-state index in [-0.39, 0.29) is 10.6 Å². The van der Waals surface area contributed by atoms with Crippen LogP contribution in [0.15, 0.2) is 67.3 Å². The highest BCUT2D eigenvalue weighted by atomic mass is 35.5. The van der Waals surface area contributed by atoms with Crippen molar-refractivity contribution in [3.05, 3.63) is 94.1 Å². The van der Waals surface area contributed by atoms with E-state index in [9.17, 15) is 0 Å². The van der Waals surface area contributed by atoms with Crippen molar-refractivity contribution in [3.63, 3.8) is 0 Å². The van der Waals surface area contributed by atoms with E-state index in [1.807, 2.05) is 64.5 Å². The van der Waals surface area contributed by atoms with Crippen LogP contribution in [0.3, 0.4) is 0 Å². The molecule has 0 unspecified atom stereocenters. The molecule has 0 fully saturated rings. The number of halogens is 3. The van der Waals surface area contributed by atoms with Gasteiger partial charge in [-0.2, -0.15) is 0 Å². The molecule has 8 nitrogen and oxygen atoms in total. The summed E-state index contributed by atoms with van der Waals surface area (Å²) >= 11 is 16.9. The molecule has 0 bridgehead atoms. The van der Waals surface area contributed by atoms with Gasteiger partial charge in [0.1, 0.15) is 16.7 Å². The summed E-state index contributed by atoms with van der Waals surface area (Å²) in [5, 5.41) is 3.22. The van der Waals surface area contributed by atoms with Crippen LogP contribution in [0.5, 0.6) is 11.5 Å². The van der Waals surface area contributed by atoms with Gasteiger partial charge in [-0.1, -0.05) is 11.6 Å². The van der Waals surface area contributed by atoms with E-state index in [2.05, 4.69) is 47.4 Å². The Kier molecular flexibility index (Phi) is 9.70. The second-order valence-electron chi connectivity index (χ2n) is 9.17. The summed E-state index contributed by atoms with van der Waals surface area (Å²) in [7, 11) is 7.38. The maximum Gasteiger partial charge on any atom is 0.223 e. The van der Waals surface area contributed by atoms with Crippen LogP contribution < -0.4 is 9.47 Å². The Morgan fingerprint density at radius 2 is 1.32 bits per heavy atom. The summed E-state index contributed by atoms with van der Waals surface area (Å²) in [5.41, 5.74) is 6.04. The molecule has 0 aliphatic rings. The first-order chi connectivity index (χ1) is 19.6. The zero-order valence-electron chi connectivity index (χ0n) is 23.5. The molecule has 0 aliphatic heterocycles. The van der Waals surface area contributed by atoms with E-state index in [4.69, 9.17) is 44.3 Å². The number of methoxy groups -OCH3 is 2. The summed E-state index contributed by atoms with van der Waals surface area (Å²) in [5.74, 6) is 1.74. The standard InChI is InChI=1S/C15H14ClN3O.C10H11NO.C5H4Cl2N2/c1-9-7-17-15(16)18-14(9)12-8-19(2)13-6-10(20-3)4-5-11(12)13;1-11-6-5-8-3-4-9(12-2)7-10(8)11;1-3-2-8-5(7)9-4(3)6/h4-8H,1-3H3;3-7H,1-2H3;2H,1H3. The molecule has 0 amide bonds. The molecular formula is C30H29Cl3N6O2. The van der Waals surface area contributed by atoms with Gasteiger partial charge in [-0.25, -0.2) is 19.9 Å². The third-order valence-electron chi connectivity index (χ3n) is 6.37. The molecule has 0 saturated heterocycles. The van der Waals surface area contributed by atoms with Crippen LogP contribution >= 0.6 is 34.8 Å². The van der Waals surface area contributed by atoms with Gasteiger partial charge in [-0.05, 0) is 78.3 Å². The molecule has 0 spiro atoms. The number of ether oxygens (including phenoxy) is 2. The fourth-order valence-corrected chi connectivity index (χ4v) is 4.58. The molecule has 4 aromatic heterocycles. The predicted molar refractivity (Wildman–Crippen MR) is 167 cm³/mol. The van der Waals surface area contributed by atoms with Gasteiger partial charge in [0, 0.05) is 67.5 Å². The highest BCUT2D eigenvalue weighted by Crippen LogP contribution is 2.33. The first-order valence-electron chi connectivity index (χ1n) is 12.5. The molecule has 4 heterocycles. The van der Waals surface area contributed by atoms with Crippen LogP contribution in [0.4, 0.5) is 0 Å². The monoisotopic (exact) mass is 610 g/mol. The number of aryl methyl sites for hydroxylation is 4. The van der Waals surface area contributed by atoms with Crippen LogP contribution in [0, 0.1) is 13.8 Å². The maximum atomic E-state index is 5.92. The lowest BCUT2D eigenvalue weighted by Gasteiger charge is -2.04. The molecule has 11 heteroatoms. The summed E-state index contributed by atoms with van der Waals surface area (Å²) in [6.07, 6.45) is 7.42. The zero-order valence-corrected chi connectivity index (χ0v) is 25.8. The highest BCUT2D eigenvalue weighted by Gasteiger charge is 2.13. The van der Waals surface area contributed by atoms with Crippen molar-refractivity contribution in [1.82, 2.24) is 29.1 Å². The first kappa shape index (κ1) is 30.1. The fraction of sp³-hybridized carbons (Fsp3) is 0.200. The van der Waals surface area contributed by atoms with Crippen molar-refractivity contribution >= 4 is 56.6 Å². The molecule has 2 aromatic carbocycles. The van der Waals surface area contributed by atoms with Crippen LogP contribution in [0.25, 0.3) is 33.1 Å². The first-order valence-corrected chi connectivity index (χ1v) is 13.6. The average Bonchev–Trinajstić information content (AvgIpc) is 3.51. The molecule has 6 aromatic rings. The number of nitrogens with zero attached hydrogens (tertiary/aromatic N) is 6. The summed E-state index contributed by atoms with van der Waals surface area (Å²) < 4.78 is 14.5. The zero-order chi connectivity index (χ0) is 29.7. The van der Waals surface area contributed by atoms with Crippen LogP contribution in [-0.4, -0.2) is 43.3 Å². The van der Waals surface area contributed by atoms with Crippen molar-refractivity contribution in [2.75, 3.05) is 14.2 Å². The third kappa shape index (κ3) is 7.08. The van der Waals surface area contributed by atoms with Gasteiger partial charge >= 0.3 is 0 Å². The fourth-order valence-electron chi connectivity index (χ4n) is 4.14. The second kappa shape index (κ2) is 13.2. The van der Waals surface area contributed by atoms with Gasteiger partial charge in [-0.3, -0.25) is 0 Å². The van der Waals surface area contributed by atoms with Crippen molar-refractivity contribution in [2.45, 2.75) is 13.8 Å². The lowest BCUT2D eigenvalue weighted by molar-refractivity contribution is 0.415. The maximum absolute atomic E-state index is 5.92. The van der Waals surface area contributed by atoms with Gasteiger partial charge < -0.3 is 18.6 Å². The Hall–Kier alpha value is -3.85. The molecule has 0 saturated carbocycles. The Morgan fingerprint density at radius 3 is 1.95 bits per heavy atom. The number of rotatable bonds is 3. The van der Waals surface area contributed by atoms with Crippen molar-refractivity contribution < 1.29 is 9.47 Å². The third-order valence-corrected chi connectivity index (χ3v) is 7.12. The van der Waals surface area contributed by atoms with Crippen molar-refractivity contribution in [2.24, 2.45) is 14.1 Å². The number of hydrogen-bond acceptors (Lipinski definition) is 6. The van der Waals surface area contributed by atoms with Gasteiger partial charge in [0.25, 0.3) is 0 Å². The lowest BCUT2D eigenvalue weighted by atomic mass is 10.1. The van der Waals surface area contributed by atoms with Gasteiger partial charge in [-0.15, -0.1) is 0 Å². The normalized spacial score (nSPS) is 10.6. The van der Waals surface area contributed by atoms with E-state index in [0.29, 0.717) is 5.15 Å².